The maximum atomic E-state index is 11.9. The fourth-order valence-electron chi connectivity index (χ4n) is 1.74. The number of carbonyl (C=O) groups is 1. The van der Waals surface area contributed by atoms with Gasteiger partial charge in [0.2, 0.25) is 11.1 Å². The predicted molar refractivity (Wildman–Crippen MR) is 84.3 cm³/mol. The summed E-state index contributed by atoms with van der Waals surface area (Å²) in [5, 5.41) is 14.8. The molecule has 2 aromatic rings. The van der Waals surface area contributed by atoms with Gasteiger partial charge in [0.25, 0.3) is 0 Å². The molecule has 1 N–H and O–H groups in total. The van der Waals surface area contributed by atoms with Crippen LogP contribution in [0.2, 0.25) is 0 Å². The van der Waals surface area contributed by atoms with E-state index >= 15 is 0 Å². The van der Waals surface area contributed by atoms with E-state index in [1.54, 1.807) is 11.8 Å². The van der Waals surface area contributed by atoms with E-state index < -0.39 is 0 Å². The number of carbonyl (C=O) groups excluding carboxylic acids is 1. The molecule has 22 heavy (non-hydrogen) atoms. The van der Waals surface area contributed by atoms with Gasteiger partial charge in [0.1, 0.15) is 5.75 Å². The van der Waals surface area contributed by atoms with Gasteiger partial charge in [-0.1, -0.05) is 18.7 Å². The van der Waals surface area contributed by atoms with Gasteiger partial charge in [0.15, 0.2) is 0 Å². The van der Waals surface area contributed by atoms with Crippen LogP contribution >= 0.6 is 11.8 Å². The largest absolute Gasteiger partial charge is 0.497 e. The van der Waals surface area contributed by atoms with E-state index in [2.05, 4.69) is 20.8 Å². The number of amides is 1. The maximum Gasteiger partial charge on any atom is 0.233 e. The molecule has 1 unspecified atom stereocenters. The summed E-state index contributed by atoms with van der Waals surface area (Å²) < 4.78 is 6.74. The smallest absolute Gasteiger partial charge is 0.233 e. The summed E-state index contributed by atoms with van der Waals surface area (Å²) in [6, 6.07) is 7.40. The van der Waals surface area contributed by atoms with Crippen molar-refractivity contribution < 1.29 is 9.53 Å². The molecule has 0 radical (unpaired) electrons. The van der Waals surface area contributed by atoms with Gasteiger partial charge in [-0.3, -0.25) is 4.79 Å². The van der Waals surface area contributed by atoms with Gasteiger partial charge in [0.05, 0.1) is 18.0 Å². The summed E-state index contributed by atoms with van der Waals surface area (Å²) in [6.45, 7) is 4.53. The highest BCUT2D eigenvalue weighted by atomic mass is 32.2. The lowest BCUT2D eigenvalue weighted by Crippen LogP contribution is -2.31. The molecule has 0 bridgehead atoms. The zero-order valence-corrected chi connectivity index (χ0v) is 13.6. The van der Waals surface area contributed by atoms with Crippen molar-refractivity contribution in [1.82, 2.24) is 25.5 Å². The maximum absolute atomic E-state index is 11.9. The second-order valence-corrected chi connectivity index (χ2v) is 5.93. The molecule has 0 spiro atoms. The second-order valence-electron chi connectivity index (χ2n) is 4.62. The van der Waals surface area contributed by atoms with E-state index in [4.69, 9.17) is 4.74 Å². The van der Waals surface area contributed by atoms with Crippen molar-refractivity contribution in [1.29, 1.82) is 0 Å². The summed E-state index contributed by atoms with van der Waals surface area (Å²) in [4.78, 5) is 11.9. The zero-order valence-electron chi connectivity index (χ0n) is 12.8. The molecule has 8 heteroatoms. The summed E-state index contributed by atoms with van der Waals surface area (Å²) in [5.74, 6) is 0.745. The third-order valence-electron chi connectivity index (χ3n) is 2.96. The Bertz CT molecular complexity index is 614. The number of aromatic nitrogens is 4. The highest BCUT2D eigenvalue weighted by Gasteiger charge is 2.18. The highest BCUT2D eigenvalue weighted by Crippen LogP contribution is 2.23. The molecule has 118 valence electrons. The fourth-order valence-corrected chi connectivity index (χ4v) is 2.57. The van der Waals surface area contributed by atoms with Crippen molar-refractivity contribution in [3.63, 3.8) is 0 Å². The lowest BCUT2D eigenvalue weighted by atomic mass is 10.3. The van der Waals surface area contributed by atoms with Gasteiger partial charge < -0.3 is 10.1 Å². The van der Waals surface area contributed by atoms with E-state index in [1.165, 1.54) is 11.8 Å². The van der Waals surface area contributed by atoms with E-state index in [0.29, 0.717) is 11.7 Å². The number of hydrogen-bond acceptors (Lipinski definition) is 6. The van der Waals surface area contributed by atoms with E-state index in [9.17, 15) is 4.79 Å². The van der Waals surface area contributed by atoms with Crippen LogP contribution in [0.3, 0.4) is 0 Å². The Kier molecular flexibility index (Phi) is 5.76. The molecule has 1 atom stereocenters. The van der Waals surface area contributed by atoms with Crippen LogP contribution in [-0.4, -0.2) is 45.0 Å². The van der Waals surface area contributed by atoms with Gasteiger partial charge in [-0.05, 0) is 48.0 Å². The number of benzene rings is 1. The Hall–Kier alpha value is -2.09. The van der Waals surface area contributed by atoms with Gasteiger partial charge in [-0.15, -0.1) is 5.10 Å². The minimum Gasteiger partial charge on any atom is -0.497 e. The molecular formula is C14H19N5O2S. The number of tetrazole rings is 1. The third kappa shape index (κ3) is 3.97. The third-order valence-corrected chi connectivity index (χ3v) is 3.99. The summed E-state index contributed by atoms with van der Waals surface area (Å²) >= 11 is 1.32. The average Bonchev–Trinajstić information content (AvgIpc) is 3.00. The van der Waals surface area contributed by atoms with Gasteiger partial charge >= 0.3 is 0 Å². The van der Waals surface area contributed by atoms with Crippen molar-refractivity contribution in [2.24, 2.45) is 0 Å². The normalized spacial score (nSPS) is 12.0. The Morgan fingerprint density at radius 3 is 2.77 bits per heavy atom. The Morgan fingerprint density at radius 2 is 2.14 bits per heavy atom. The summed E-state index contributed by atoms with van der Waals surface area (Å²) in [6.07, 6.45) is 0.909. The topological polar surface area (TPSA) is 81.9 Å². The van der Waals surface area contributed by atoms with Gasteiger partial charge in [0, 0.05) is 6.54 Å². The Morgan fingerprint density at radius 1 is 1.41 bits per heavy atom. The minimum atomic E-state index is -0.269. The molecule has 1 aromatic carbocycles. The highest BCUT2D eigenvalue weighted by molar-refractivity contribution is 8.00. The molecule has 0 aliphatic carbocycles. The molecule has 2 rings (SSSR count). The van der Waals surface area contributed by atoms with Crippen molar-refractivity contribution >= 4 is 17.7 Å². The van der Waals surface area contributed by atoms with Crippen LogP contribution in [-0.2, 0) is 4.79 Å². The first-order valence-electron chi connectivity index (χ1n) is 7.03. The number of ether oxygens (including phenoxy) is 1. The van der Waals surface area contributed by atoms with Crippen molar-refractivity contribution in [2.45, 2.75) is 30.7 Å². The zero-order chi connectivity index (χ0) is 15.9. The Labute approximate surface area is 133 Å². The lowest BCUT2D eigenvalue weighted by molar-refractivity contribution is -0.120. The average molecular weight is 321 g/mol. The quantitative estimate of drug-likeness (QED) is 0.781. The lowest BCUT2D eigenvalue weighted by Gasteiger charge is -2.11. The number of nitrogens with one attached hydrogen (secondary N) is 1. The molecule has 1 heterocycles. The molecule has 1 aromatic heterocycles. The number of hydrogen-bond donors (Lipinski definition) is 1. The summed E-state index contributed by atoms with van der Waals surface area (Å²) in [5.41, 5.74) is 0.814. The first kappa shape index (κ1) is 16.3. The number of methoxy groups -OCH3 is 1. The molecule has 0 saturated carbocycles. The summed E-state index contributed by atoms with van der Waals surface area (Å²) in [7, 11) is 1.61. The molecular weight excluding hydrogens is 302 g/mol. The number of rotatable bonds is 7. The molecule has 0 aliphatic rings. The molecule has 0 fully saturated rings. The Balaban J connectivity index is 2.10. The van der Waals surface area contributed by atoms with Crippen LogP contribution in [0.15, 0.2) is 29.4 Å². The minimum absolute atomic E-state index is 0.0175. The first-order chi connectivity index (χ1) is 10.7. The number of thioether (sulfide) groups is 1. The van der Waals surface area contributed by atoms with Crippen molar-refractivity contribution in [2.75, 3.05) is 13.7 Å². The van der Waals surface area contributed by atoms with Gasteiger partial charge in [-0.2, -0.15) is 4.68 Å². The molecule has 1 amide bonds. The molecule has 0 saturated heterocycles. The second kappa shape index (κ2) is 7.79. The number of nitrogens with zero attached hydrogens (tertiary/aromatic N) is 4. The van der Waals surface area contributed by atoms with Crippen molar-refractivity contribution in [3.05, 3.63) is 24.3 Å². The SMILES string of the molecule is CCCNC(=O)C(C)Sc1nnnn1-c1ccc(OC)cc1. The van der Waals surface area contributed by atoms with E-state index in [0.717, 1.165) is 17.9 Å². The molecule has 7 nitrogen and oxygen atoms in total. The van der Waals surface area contributed by atoms with Crippen molar-refractivity contribution in [3.8, 4) is 11.4 Å². The predicted octanol–water partition coefficient (Wildman–Crippen LogP) is 1.68. The first-order valence-corrected chi connectivity index (χ1v) is 7.90. The standard InChI is InChI=1S/C14H19N5O2S/c1-4-9-15-13(20)10(2)22-14-16-17-18-19(14)11-5-7-12(21-3)8-6-11/h5-8,10H,4,9H2,1-3H3,(H,15,20). The van der Waals surface area contributed by atoms with Gasteiger partial charge in [-0.25, -0.2) is 0 Å². The molecule has 0 aliphatic heterocycles. The van der Waals surface area contributed by atoms with Crippen LogP contribution in [0.4, 0.5) is 0 Å². The van der Waals surface area contributed by atoms with Crippen LogP contribution in [0.5, 0.6) is 5.75 Å². The van der Waals surface area contributed by atoms with Crippen LogP contribution in [0.1, 0.15) is 20.3 Å². The van der Waals surface area contributed by atoms with E-state index in [-0.39, 0.29) is 11.2 Å². The van der Waals surface area contributed by atoms with E-state index in [1.807, 2.05) is 38.1 Å². The fraction of sp³-hybridized carbons (Fsp3) is 0.429. The van der Waals surface area contributed by atoms with Crippen LogP contribution in [0.25, 0.3) is 5.69 Å². The van der Waals surface area contributed by atoms with Crippen LogP contribution in [0, 0.1) is 0 Å². The van der Waals surface area contributed by atoms with Crippen LogP contribution < -0.4 is 10.1 Å². The monoisotopic (exact) mass is 321 g/mol.